The van der Waals surface area contributed by atoms with E-state index in [-0.39, 0.29) is 29.1 Å². The fourth-order valence-electron chi connectivity index (χ4n) is 3.16. The van der Waals surface area contributed by atoms with Crippen molar-refractivity contribution in [3.8, 4) is 0 Å². The molecule has 1 fully saturated rings. The summed E-state index contributed by atoms with van der Waals surface area (Å²) < 4.78 is 47.1. The van der Waals surface area contributed by atoms with E-state index >= 15 is 0 Å². The number of rotatable bonds is 5. The Morgan fingerprint density at radius 3 is 2.52 bits per heavy atom. The highest BCUT2D eigenvalue weighted by Crippen LogP contribution is 2.32. The van der Waals surface area contributed by atoms with Gasteiger partial charge in [0.1, 0.15) is 30.5 Å². The van der Waals surface area contributed by atoms with Crippen molar-refractivity contribution < 1.29 is 33.2 Å². The standard InChI is InChI=1S/C17H16F3N5O4/c18-8-2-10(20)9(19)1-7(8)3-21-15-12-16(23-5-22-15)25(6-24-12)17-14(28)13(27)11(4-26)29-17/h1-2,5-6,11,13-14,17,26-28H,3-4H2,(H,21,22,23)/t11-,13-,14-,17?/m1/s1. The summed E-state index contributed by atoms with van der Waals surface area (Å²) in [6.07, 6.45) is -2.14. The van der Waals surface area contributed by atoms with Gasteiger partial charge in [0, 0.05) is 18.2 Å². The Balaban J connectivity index is 1.61. The number of halogens is 3. The fourth-order valence-corrected chi connectivity index (χ4v) is 3.16. The molecule has 9 nitrogen and oxygen atoms in total. The van der Waals surface area contributed by atoms with Crippen molar-refractivity contribution in [2.45, 2.75) is 31.1 Å². The van der Waals surface area contributed by atoms with Crippen LogP contribution in [0.15, 0.2) is 24.8 Å². The average molecular weight is 411 g/mol. The summed E-state index contributed by atoms with van der Waals surface area (Å²) in [5, 5.41) is 32.1. The molecular weight excluding hydrogens is 395 g/mol. The molecule has 1 aliphatic heterocycles. The summed E-state index contributed by atoms with van der Waals surface area (Å²) >= 11 is 0. The summed E-state index contributed by atoms with van der Waals surface area (Å²) in [6, 6.07) is 1.20. The number of nitrogens with one attached hydrogen (secondary N) is 1. The van der Waals surface area contributed by atoms with Crippen LogP contribution in [0, 0.1) is 17.5 Å². The Morgan fingerprint density at radius 1 is 1.03 bits per heavy atom. The van der Waals surface area contributed by atoms with E-state index in [1.54, 1.807) is 0 Å². The first-order valence-electron chi connectivity index (χ1n) is 8.58. The first kappa shape index (κ1) is 19.5. The highest BCUT2D eigenvalue weighted by molar-refractivity contribution is 5.82. The second-order valence-corrected chi connectivity index (χ2v) is 6.49. The van der Waals surface area contributed by atoms with Crippen LogP contribution in [0.5, 0.6) is 0 Å². The molecule has 154 valence electrons. The first-order chi connectivity index (χ1) is 13.9. The molecule has 1 saturated heterocycles. The molecule has 2 aromatic heterocycles. The van der Waals surface area contributed by atoms with Crippen LogP contribution in [0.25, 0.3) is 11.2 Å². The molecule has 1 aromatic carbocycles. The SMILES string of the molecule is OC[C@H]1OC(n2cnc3c(NCc4cc(F)c(F)cc4F)ncnc32)[C@H](O)[C@@H]1O. The molecule has 1 aliphatic rings. The van der Waals surface area contributed by atoms with E-state index < -0.39 is 48.6 Å². The van der Waals surface area contributed by atoms with Gasteiger partial charge in [-0.25, -0.2) is 28.1 Å². The monoisotopic (exact) mass is 411 g/mol. The lowest BCUT2D eigenvalue weighted by Gasteiger charge is -2.16. The lowest BCUT2D eigenvalue weighted by molar-refractivity contribution is -0.0511. The van der Waals surface area contributed by atoms with Gasteiger partial charge in [0.25, 0.3) is 0 Å². The fraction of sp³-hybridized carbons (Fsp3) is 0.353. The van der Waals surface area contributed by atoms with E-state index in [1.807, 2.05) is 0 Å². The predicted molar refractivity (Wildman–Crippen MR) is 92.0 cm³/mol. The van der Waals surface area contributed by atoms with E-state index in [2.05, 4.69) is 20.3 Å². The zero-order chi connectivity index (χ0) is 20.7. The lowest BCUT2D eigenvalue weighted by Crippen LogP contribution is -2.33. The number of fused-ring (bicyclic) bond motifs is 1. The highest BCUT2D eigenvalue weighted by Gasteiger charge is 2.44. The van der Waals surface area contributed by atoms with Gasteiger partial charge in [-0.1, -0.05) is 0 Å². The van der Waals surface area contributed by atoms with Gasteiger partial charge in [0.05, 0.1) is 12.9 Å². The highest BCUT2D eigenvalue weighted by atomic mass is 19.2. The number of hydrogen-bond acceptors (Lipinski definition) is 8. The minimum absolute atomic E-state index is 0.112. The van der Waals surface area contributed by atoms with Gasteiger partial charge in [0.15, 0.2) is 34.8 Å². The molecule has 3 heterocycles. The molecule has 12 heteroatoms. The van der Waals surface area contributed by atoms with Crippen LogP contribution in [0.1, 0.15) is 11.8 Å². The second-order valence-electron chi connectivity index (χ2n) is 6.49. The molecule has 1 unspecified atom stereocenters. The van der Waals surface area contributed by atoms with Gasteiger partial charge < -0.3 is 25.4 Å². The predicted octanol–water partition coefficient (Wildman–Crippen LogP) is 0.467. The third-order valence-electron chi connectivity index (χ3n) is 4.69. The van der Waals surface area contributed by atoms with E-state index in [9.17, 15) is 28.5 Å². The summed E-state index contributed by atoms with van der Waals surface area (Å²) in [7, 11) is 0. The third kappa shape index (κ3) is 3.40. The van der Waals surface area contributed by atoms with E-state index in [4.69, 9.17) is 4.74 Å². The van der Waals surface area contributed by atoms with E-state index in [0.29, 0.717) is 6.07 Å². The number of anilines is 1. The topological polar surface area (TPSA) is 126 Å². The normalized spacial score (nSPS) is 24.3. The Labute approximate surface area is 161 Å². The maximum Gasteiger partial charge on any atom is 0.167 e. The largest absolute Gasteiger partial charge is 0.394 e. The number of ether oxygens (including phenoxy) is 1. The Morgan fingerprint density at radius 2 is 1.79 bits per heavy atom. The molecule has 3 aromatic rings. The van der Waals surface area contributed by atoms with Crippen molar-refractivity contribution in [1.29, 1.82) is 0 Å². The van der Waals surface area contributed by atoms with E-state index in [1.165, 1.54) is 17.2 Å². The van der Waals surface area contributed by atoms with Gasteiger partial charge in [-0.15, -0.1) is 0 Å². The Kier molecular flexibility index (Phi) is 5.08. The molecule has 4 N–H and O–H groups in total. The third-order valence-corrected chi connectivity index (χ3v) is 4.69. The van der Waals surface area contributed by atoms with Gasteiger partial charge >= 0.3 is 0 Å². The minimum Gasteiger partial charge on any atom is -0.394 e. The van der Waals surface area contributed by atoms with Crippen LogP contribution < -0.4 is 5.32 Å². The van der Waals surface area contributed by atoms with Crippen molar-refractivity contribution in [2.24, 2.45) is 0 Å². The van der Waals surface area contributed by atoms with Crippen molar-refractivity contribution in [1.82, 2.24) is 19.5 Å². The van der Waals surface area contributed by atoms with Crippen LogP contribution in [-0.2, 0) is 11.3 Å². The van der Waals surface area contributed by atoms with Crippen LogP contribution >= 0.6 is 0 Å². The number of aromatic nitrogens is 4. The number of imidazole rings is 1. The van der Waals surface area contributed by atoms with Crippen molar-refractivity contribution in [3.63, 3.8) is 0 Å². The number of nitrogens with zero attached hydrogens (tertiary/aromatic N) is 4. The van der Waals surface area contributed by atoms with Gasteiger partial charge in [0.2, 0.25) is 0 Å². The number of aliphatic hydroxyl groups excluding tert-OH is 3. The van der Waals surface area contributed by atoms with Gasteiger partial charge in [-0.2, -0.15) is 0 Å². The lowest BCUT2D eigenvalue weighted by atomic mass is 10.1. The first-order valence-corrected chi connectivity index (χ1v) is 8.58. The molecule has 0 saturated carbocycles. The molecule has 0 spiro atoms. The van der Waals surface area contributed by atoms with Gasteiger partial charge in [-0.05, 0) is 6.07 Å². The van der Waals surface area contributed by atoms with Gasteiger partial charge in [-0.3, -0.25) is 4.57 Å². The summed E-state index contributed by atoms with van der Waals surface area (Å²) in [6.45, 7) is -0.682. The zero-order valence-electron chi connectivity index (χ0n) is 14.7. The zero-order valence-corrected chi connectivity index (χ0v) is 14.7. The van der Waals surface area contributed by atoms with Crippen LogP contribution in [-0.4, -0.2) is 59.8 Å². The molecule has 0 bridgehead atoms. The maximum absolute atomic E-state index is 13.8. The minimum atomic E-state index is -1.33. The maximum atomic E-state index is 13.8. The van der Waals surface area contributed by atoms with Crippen molar-refractivity contribution in [3.05, 3.63) is 47.8 Å². The summed E-state index contributed by atoms with van der Waals surface area (Å²) in [5.74, 6) is -3.19. The average Bonchev–Trinajstić information content (AvgIpc) is 3.25. The van der Waals surface area contributed by atoms with Crippen LogP contribution in [0.3, 0.4) is 0 Å². The molecule has 0 aliphatic carbocycles. The number of hydrogen-bond donors (Lipinski definition) is 4. The molecular formula is C17H16F3N5O4. The Bertz CT molecular complexity index is 1050. The number of benzene rings is 1. The van der Waals surface area contributed by atoms with Crippen molar-refractivity contribution in [2.75, 3.05) is 11.9 Å². The Hall–Kier alpha value is -2.80. The van der Waals surface area contributed by atoms with Crippen molar-refractivity contribution >= 4 is 17.0 Å². The molecule has 4 atom stereocenters. The smallest absolute Gasteiger partial charge is 0.167 e. The summed E-state index contributed by atoms with van der Waals surface area (Å²) in [5.41, 5.74) is 0.370. The quantitative estimate of drug-likeness (QED) is 0.447. The molecule has 0 radical (unpaired) electrons. The molecule has 4 rings (SSSR count). The second kappa shape index (κ2) is 7.55. The molecule has 0 amide bonds. The van der Waals surface area contributed by atoms with E-state index in [0.717, 1.165) is 6.07 Å². The molecule has 29 heavy (non-hydrogen) atoms. The summed E-state index contributed by atoms with van der Waals surface area (Å²) in [4.78, 5) is 12.3. The van der Waals surface area contributed by atoms with Crippen LogP contribution in [0.2, 0.25) is 0 Å². The number of aliphatic hydroxyl groups is 3. The van der Waals surface area contributed by atoms with Crippen LogP contribution in [0.4, 0.5) is 19.0 Å².